The van der Waals surface area contributed by atoms with Crippen LogP contribution in [0.4, 0.5) is 10.3 Å². The minimum atomic E-state index is -2.49. The van der Waals surface area contributed by atoms with E-state index in [-0.39, 0.29) is 18.4 Å². The van der Waals surface area contributed by atoms with E-state index in [1.54, 1.807) is 41.8 Å². The summed E-state index contributed by atoms with van der Waals surface area (Å²) in [5.41, 5.74) is 6.56. The lowest BCUT2D eigenvalue weighted by atomic mass is 10.2. The Morgan fingerprint density at radius 1 is 1.23 bits per heavy atom. The number of nitrogens with zero attached hydrogens (tertiary/aromatic N) is 4. The molecule has 2 N–H and O–H groups in total. The summed E-state index contributed by atoms with van der Waals surface area (Å²) in [5, 5.41) is 0. The molecule has 1 aromatic carbocycles. The first kappa shape index (κ1) is 22.8. The highest BCUT2D eigenvalue weighted by atomic mass is 31.1. The van der Waals surface area contributed by atoms with Crippen LogP contribution >= 0.6 is 8.25 Å². The Morgan fingerprint density at radius 2 is 1.97 bits per heavy atom. The van der Waals surface area contributed by atoms with Crippen LogP contribution in [-0.4, -0.2) is 45.0 Å². The third kappa shape index (κ3) is 5.84. The average Bonchev–Trinajstić information content (AvgIpc) is 3.15. The number of ether oxygens (including phenoxy) is 2. The van der Waals surface area contributed by atoms with Crippen molar-refractivity contribution in [1.82, 2.24) is 19.5 Å². The summed E-state index contributed by atoms with van der Waals surface area (Å²) in [6.45, 7) is 4.93. The minimum absolute atomic E-state index is 0.0127. The first-order valence-corrected chi connectivity index (χ1v) is 10.7. The van der Waals surface area contributed by atoms with Gasteiger partial charge in [-0.15, -0.1) is 4.52 Å². The Hall–Kier alpha value is -2.88. The molecule has 0 aliphatic rings. The van der Waals surface area contributed by atoms with Crippen molar-refractivity contribution < 1.29 is 27.5 Å². The first-order valence-electron chi connectivity index (χ1n) is 9.64. The van der Waals surface area contributed by atoms with Crippen molar-refractivity contribution in [2.24, 2.45) is 0 Å². The summed E-state index contributed by atoms with van der Waals surface area (Å²) in [5.74, 6) is 0.651. The topological polar surface area (TPSA) is 124 Å². The molecule has 0 spiro atoms. The van der Waals surface area contributed by atoms with Gasteiger partial charge in [0.05, 0.1) is 12.9 Å². The smallest absolute Gasteiger partial charge is 0.476 e. The van der Waals surface area contributed by atoms with E-state index in [4.69, 9.17) is 24.3 Å². The third-order valence-corrected chi connectivity index (χ3v) is 4.95. The van der Waals surface area contributed by atoms with Crippen LogP contribution in [0.5, 0.6) is 11.6 Å². The van der Waals surface area contributed by atoms with Gasteiger partial charge in [-0.25, -0.2) is 13.9 Å². The predicted molar refractivity (Wildman–Crippen MR) is 112 cm³/mol. The molecule has 0 bridgehead atoms. The van der Waals surface area contributed by atoms with Gasteiger partial charge >= 0.3 is 8.25 Å². The van der Waals surface area contributed by atoms with Gasteiger partial charge in [0.15, 0.2) is 16.9 Å². The molecule has 1 unspecified atom stereocenters. The molecular weight excluding hydrogens is 428 g/mol. The van der Waals surface area contributed by atoms with Crippen molar-refractivity contribution in [3.8, 4) is 11.6 Å². The number of para-hydroxylation sites is 1. The van der Waals surface area contributed by atoms with E-state index in [1.807, 2.05) is 6.92 Å². The van der Waals surface area contributed by atoms with Gasteiger partial charge in [0.1, 0.15) is 25.1 Å². The van der Waals surface area contributed by atoms with E-state index in [1.165, 1.54) is 13.3 Å². The van der Waals surface area contributed by atoms with Crippen LogP contribution in [0.2, 0.25) is 0 Å². The number of imidazole rings is 1. The quantitative estimate of drug-likeness (QED) is 0.432. The van der Waals surface area contributed by atoms with Gasteiger partial charge < -0.3 is 15.2 Å². The predicted octanol–water partition coefficient (Wildman–Crippen LogP) is 3.82. The number of hydrogen-bond donors (Lipinski definition) is 1. The van der Waals surface area contributed by atoms with Crippen molar-refractivity contribution in [3.63, 3.8) is 0 Å². The number of aromatic nitrogens is 4. The third-order valence-electron chi connectivity index (χ3n) is 4.23. The number of benzene rings is 1. The summed E-state index contributed by atoms with van der Waals surface area (Å²) < 4.78 is 49.4. The standard InChI is InChI=1S/C19H24FN5O5P/c1-4-27-18-16-17(23-19(21)24-18)25(11-22-16)13(3)29-15(12(2)20)10-28-31(26)30-14-8-6-5-7-9-14/h5-9,11-13,15H,4,10H2,1-3H3,(H2,21,23,24)/q+1/t12-,13+,15+/m0/s1. The molecule has 31 heavy (non-hydrogen) atoms. The van der Waals surface area contributed by atoms with Crippen LogP contribution in [0.25, 0.3) is 11.2 Å². The first-order chi connectivity index (χ1) is 14.9. The lowest BCUT2D eigenvalue weighted by Gasteiger charge is -2.22. The zero-order valence-corrected chi connectivity index (χ0v) is 18.2. The van der Waals surface area contributed by atoms with Crippen LogP contribution in [-0.2, 0) is 13.8 Å². The highest BCUT2D eigenvalue weighted by Crippen LogP contribution is 2.30. The van der Waals surface area contributed by atoms with Crippen LogP contribution in [0.3, 0.4) is 0 Å². The van der Waals surface area contributed by atoms with Gasteiger partial charge in [-0.2, -0.15) is 9.97 Å². The Balaban J connectivity index is 1.68. The highest BCUT2D eigenvalue weighted by molar-refractivity contribution is 7.33. The second-order valence-electron chi connectivity index (χ2n) is 6.52. The van der Waals surface area contributed by atoms with Crippen LogP contribution in [0, 0.1) is 0 Å². The van der Waals surface area contributed by atoms with Gasteiger partial charge in [-0.3, -0.25) is 4.57 Å². The lowest BCUT2D eigenvalue weighted by molar-refractivity contribution is -0.0881. The van der Waals surface area contributed by atoms with Crippen molar-refractivity contribution in [2.45, 2.75) is 39.3 Å². The zero-order valence-electron chi connectivity index (χ0n) is 17.3. The highest BCUT2D eigenvalue weighted by Gasteiger charge is 2.30. The SMILES string of the molecule is CCOc1nc(N)nc2c1ncn2[C@@H](C)O[C@H](CO[P+](=O)Oc1ccccc1)[C@H](C)F. The summed E-state index contributed by atoms with van der Waals surface area (Å²) in [6.07, 6.45) is -1.63. The molecule has 2 aromatic heterocycles. The Morgan fingerprint density at radius 3 is 2.65 bits per heavy atom. The zero-order chi connectivity index (χ0) is 22.4. The Bertz CT molecular complexity index is 1020. The second kappa shape index (κ2) is 10.4. The van der Waals surface area contributed by atoms with Crippen molar-refractivity contribution >= 4 is 25.4 Å². The molecule has 0 fully saturated rings. The molecule has 3 rings (SSSR count). The second-order valence-corrected chi connectivity index (χ2v) is 7.41. The fourth-order valence-electron chi connectivity index (χ4n) is 2.74. The fourth-order valence-corrected chi connectivity index (χ4v) is 3.35. The van der Waals surface area contributed by atoms with Crippen LogP contribution < -0.4 is 15.0 Å². The van der Waals surface area contributed by atoms with Gasteiger partial charge in [0, 0.05) is 4.57 Å². The number of fused-ring (bicyclic) bond motifs is 1. The van der Waals surface area contributed by atoms with E-state index >= 15 is 0 Å². The number of rotatable bonds is 11. The van der Waals surface area contributed by atoms with E-state index < -0.39 is 26.8 Å². The number of hydrogen-bond acceptors (Lipinski definition) is 9. The molecule has 0 saturated carbocycles. The molecule has 10 nitrogen and oxygen atoms in total. The summed E-state index contributed by atoms with van der Waals surface area (Å²) in [7, 11) is -2.49. The number of halogens is 1. The van der Waals surface area contributed by atoms with Crippen LogP contribution in [0.1, 0.15) is 27.0 Å². The molecule has 0 amide bonds. The van der Waals surface area contributed by atoms with Gasteiger partial charge in [0.2, 0.25) is 11.8 Å². The molecule has 0 aliphatic heterocycles. The van der Waals surface area contributed by atoms with Gasteiger partial charge in [0.25, 0.3) is 0 Å². The number of nitrogen functional groups attached to an aromatic ring is 1. The normalized spacial score (nSPS) is 14.8. The van der Waals surface area contributed by atoms with E-state index in [0.717, 1.165) is 0 Å². The van der Waals surface area contributed by atoms with E-state index in [0.29, 0.717) is 23.5 Å². The fraction of sp³-hybridized carbons (Fsp3) is 0.421. The molecule has 0 saturated heterocycles. The maximum Gasteiger partial charge on any atom is 0.750 e. The van der Waals surface area contributed by atoms with Crippen molar-refractivity contribution in [1.29, 1.82) is 0 Å². The Labute approximate surface area is 179 Å². The maximum atomic E-state index is 14.2. The van der Waals surface area contributed by atoms with Gasteiger partial charge in [-0.05, 0) is 32.9 Å². The van der Waals surface area contributed by atoms with E-state index in [9.17, 15) is 8.96 Å². The molecule has 0 radical (unpaired) electrons. The van der Waals surface area contributed by atoms with Crippen molar-refractivity contribution in [3.05, 3.63) is 36.7 Å². The Kier molecular flexibility index (Phi) is 7.67. The van der Waals surface area contributed by atoms with Crippen LogP contribution in [0.15, 0.2) is 36.7 Å². The molecule has 3 aromatic rings. The number of nitrogens with two attached hydrogens (primary N) is 1. The number of alkyl halides is 1. The van der Waals surface area contributed by atoms with Gasteiger partial charge in [-0.1, -0.05) is 18.2 Å². The molecular formula is C19H24FN5O5P+. The molecule has 0 aliphatic carbocycles. The maximum absolute atomic E-state index is 14.2. The number of anilines is 1. The summed E-state index contributed by atoms with van der Waals surface area (Å²) in [4.78, 5) is 12.5. The molecule has 4 atom stereocenters. The average molecular weight is 452 g/mol. The van der Waals surface area contributed by atoms with Crippen molar-refractivity contribution in [2.75, 3.05) is 18.9 Å². The molecule has 2 heterocycles. The molecule has 12 heteroatoms. The summed E-state index contributed by atoms with van der Waals surface area (Å²) >= 11 is 0. The van der Waals surface area contributed by atoms with E-state index in [2.05, 4.69) is 15.0 Å². The lowest BCUT2D eigenvalue weighted by Crippen LogP contribution is -2.30. The minimum Gasteiger partial charge on any atom is -0.476 e. The largest absolute Gasteiger partial charge is 0.750 e. The summed E-state index contributed by atoms with van der Waals surface area (Å²) in [6, 6.07) is 8.54. The monoisotopic (exact) mass is 452 g/mol. The molecule has 166 valence electrons.